The fourth-order valence-electron chi connectivity index (χ4n) is 3.61. The molecule has 1 aromatic rings. The Morgan fingerprint density at radius 2 is 1.69 bits per heavy atom. The van der Waals surface area contributed by atoms with Gasteiger partial charge < -0.3 is 10.2 Å². The Morgan fingerprint density at radius 3 is 2.19 bits per heavy atom. The molecule has 0 saturated carbocycles. The van der Waals surface area contributed by atoms with Crippen LogP contribution in [0.15, 0.2) is 30.3 Å². The summed E-state index contributed by atoms with van der Waals surface area (Å²) in [6, 6.07) is 10.1. The first-order chi connectivity index (χ1) is 11.7. The standard InChI is InChI=1S/C20H33N3O.2ClH/c1-4-21-16-17-12-14-23(15-13-17)20(24)19(22(5-2)6-3)18-10-8-7-9-11-18;;/h7-11,17,19,21H,4-6,12-16H2,1-3H3;2*1H. The first-order valence-electron chi connectivity index (χ1n) is 9.49. The Balaban J connectivity index is 0.00000312. The molecule has 4 nitrogen and oxygen atoms in total. The maximum absolute atomic E-state index is 13.2. The van der Waals surface area contributed by atoms with Gasteiger partial charge in [0.1, 0.15) is 6.04 Å². The van der Waals surface area contributed by atoms with Crippen LogP contribution in [0.5, 0.6) is 0 Å². The third-order valence-electron chi connectivity index (χ3n) is 5.14. The largest absolute Gasteiger partial charge is 0.341 e. The maximum atomic E-state index is 13.2. The van der Waals surface area contributed by atoms with E-state index in [1.807, 2.05) is 18.2 Å². The van der Waals surface area contributed by atoms with Crippen LogP contribution in [0.2, 0.25) is 0 Å². The molecule has 150 valence electrons. The molecule has 1 saturated heterocycles. The summed E-state index contributed by atoms with van der Waals surface area (Å²) in [7, 11) is 0. The quantitative estimate of drug-likeness (QED) is 0.717. The van der Waals surface area contributed by atoms with Gasteiger partial charge in [-0.3, -0.25) is 9.69 Å². The highest BCUT2D eigenvalue weighted by Gasteiger charge is 2.32. The summed E-state index contributed by atoms with van der Waals surface area (Å²) in [5.74, 6) is 0.976. The average molecular weight is 404 g/mol. The molecule has 2 rings (SSSR count). The molecule has 1 aromatic carbocycles. The van der Waals surface area contributed by atoms with Crippen LogP contribution in [-0.4, -0.2) is 55.0 Å². The molecule has 1 aliphatic rings. The third-order valence-corrected chi connectivity index (χ3v) is 5.14. The molecule has 26 heavy (non-hydrogen) atoms. The minimum atomic E-state index is -0.147. The highest BCUT2D eigenvalue weighted by atomic mass is 35.5. The average Bonchev–Trinajstić information content (AvgIpc) is 2.65. The monoisotopic (exact) mass is 403 g/mol. The molecule has 1 aliphatic heterocycles. The summed E-state index contributed by atoms with van der Waals surface area (Å²) in [5.41, 5.74) is 1.11. The number of likely N-dealkylation sites (tertiary alicyclic amines) is 1. The second-order valence-electron chi connectivity index (χ2n) is 6.61. The minimum Gasteiger partial charge on any atom is -0.341 e. The van der Waals surface area contributed by atoms with E-state index in [0.717, 1.165) is 57.7 Å². The van der Waals surface area contributed by atoms with Gasteiger partial charge in [0.25, 0.3) is 0 Å². The van der Waals surface area contributed by atoms with Gasteiger partial charge in [-0.25, -0.2) is 0 Å². The molecule has 1 N–H and O–H groups in total. The number of piperidine rings is 1. The van der Waals surface area contributed by atoms with Crippen LogP contribution < -0.4 is 5.32 Å². The van der Waals surface area contributed by atoms with Crippen molar-refractivity contribution in [1.29, 1.82) is 0 Å². The van der Waals surface area contributed by atoms with E-state index in [-0.39, 0.29) is 36.8 Å². The maximum Gasteiger partial charge on any atom is 0.244 e. The Labute approximate surface area is 171 Å². The van der Waals surface area contributed by atoms with Crippen molar-refractivity contribution in [1.82, 2.24) is 15.1 Å². The van der Waals surface area contributed by atoms with Crippen LogP contribution >= 0.6 is 24.8 Å². The number of benzene rings is 1. The molecular formula is C20H35Cl2N3O. The molecule has 0 spiro atoms. The Kier molecular flexibility index (Phi) is 13.0. The number of amides is 1. The minimum absolute atomic E-state index is 0. The molecule has 0 bridgehead atoms. The van der Waals surface area contributed by atoms with Gasteiger partial charge in [-0.15, -0.1) is 24.8 Å². The number of carbonyl (C=O) groups is 1. The van der Waals surface area contributed by atoms with Crippen molar-refractivity contribution >= 4 is 30.7 Å². The lowest BCUT2D eigenvalue weighted by Crippen LogP contribution is -2.47. The molecule has 0 radical (unpaired) electrons. The summed E-state index contributed by atoms with van der Waals surface area (Å²) in [4.78, 5) is 17.6. The van der Waals surface area contributed by atoms with Crippen LogP contribution in [0.25, 0.3) is 0 Å². The van der Waals surface area contributed by atoms with Gasteiger partial charge in [-0.05, 0) is 50.5 Å². The molecule has 0 aliphatic carbocycles. The van der Waals surface area contributed by atoms with Crippen molar-refractivity contribution in [3.8, 4) is 0 Å². The summed E-state index contributed by atoms with van der Waals surface area (Å²) in [6.45, 7) is 12.1. The molecule has 1 heterocycles. The zero-order valence-electron chi connectivity index (χ0n) is 16.3. The molecular weight excluding hydrogens is 369 g/mol. The van der Waals surface area contributed by atoms with E-state index in [0.29, 0.717) is 5.92 Å². The predicted octanol–water partition coefficient (Wildman–Crippen LogP) is 3.76. The van der Waals surface area contributed by atoms with Crippen molar-refractivity contribution < 1.29 is 4.79 Å². The number of rotatable bonds is 8. The van der Waals surface area contributed by atoms with Crippen molar-refractivity contribution in [2.24, 2.45) is 5.92 Å². The van der Waals surface area contributed by atoms with Crippen molar-refractivity contribution in [3.05, 3.63) is 35.9 Å². The molecule has 1 unspecified atom stereocenters. The molecule has 1 fully saturated rings. The van der Waals surface area contributed by atoms with Gasteiger partial charge in [0.2, 0.25) is 5.91 Å². The second kappa shape index (κ2) is 13.4. The number of carbonyl (C=O) groups excluding carboxylic acids is 1. The lowest BCUT2D eigenvalue weighted by molar-refractivity contribution is -0.138. The van der Waals surface area contributed by atoms with Crippen LogP contribution in [0.4, 0.5) is 0 Å². The highest BCUT2D eigenvalue weighted by Crippen LogP contribution is 2.26. The summed E-state index contributed by atoms with van der Waals surface area (Å²) in [6.07, 6.45) is 2.22. The van der Waals surface area contributed by atoms with E-state index in [9.17, 15) is 4.79 Å². The molecule has 1 atom stereocenters. The summed E-state index contributed by atoms with van der Waals surface area (Å²) >= 11 is 0. The van der Waals surface area contributed by atoms with E-state index in [1.165, 1.54) is 0 Å². The summed E-state index contributed by atoms with van der Waals surface area (Å²) < 4.78 is 0. The first kappa shape index (κ1) is 25.2. The normalized spacial score (nSPS) is 15.9. The van der Waals surface area contributed by atoms with Crippen molar-refractivity contribution in [2.75, 3.05) is 39.3 Å². The van der Waals surface area contributed by atoms with E-state index >= 15 is 0 Å². The zero-order chi connectivity index (χ0) is 17.4. The zero-order valence-corrected chi connectivity index (χ0v) is 18.0. The Hall–Kier alpha value is -0.810. The van der Waals surface area contributed by atoms with Gasteiger partial charge in [0, 0.05) is 13.1 Å². The fraction of sp³-hybridized carbons (Fsp3) is 0.650. The van der Waals surface area contributed by atoms with E-state index in [2.05, 4.69) is 48.0 Å². The topological polar surface area (TPSA) is 35.6 Å². The number of nitrogens with zero attached hydrogens (tertiary/aromatic N) is 2. The smallest absolute Gasteiger partial charge is 0.244 e. The van der Waals surface area contributed by atoms with Gasteiger partial charge in [-0.1, -0.05) is 51.1 Å². The third kappa shape index (κ3) is 6.73. The van der Waals surface area contributed by atoms with Gasteiger partial charge >= 0.3 is 0 Å². The number of nitrogens with one attached hydrogen (secondary N) is 1. The van der Waals surface area contributed by atoms with E-state index in [1.54, 1.807) is 0 Å². The van der Waals surface area contributed by atoms with Gasteiger partial charge in [-0.2, -0.15) is 0 Å². The van der Waals surface area contributed by atoms with E-state index < -0.39 is 0 Å². The fourth-order valence-corrected chi connectivity index (χ4v) is 3.61. The predicted molar refractivity (Wildman–Crippen MR) is 114 cm³/mol. The van der Waals surface area contributed by atoms with Crippen LogP contribution in [0.3, 0.4) is 0 Å². The van der Waals surface area contributed by atoms with Gasteiger partial charge in [0.15, 0.2) is 0 Å². The highest BCUT2D eigenvalue weighted by molar-refractivity contribution is 5.85. The summed E-state index contributed by atoms with van der Waals surface area (Å²) in [5, 5.41) is 3.44. The number of hydrogen-bond donors (Lipinski definition) is 1. The SMILES string of the molecule is CCNCC1CCN(C(=O)C(c2ccccc2)N(CC)CC)CC1.Cl.Cl. The van der Waals surface area contributed by atoms with Crippen LogP contribution in [-0.2, 0) is 4.79 Å². The van der Waals surface area contributed by atoms with Crippen LogP contribution in [0, 0.1) is 5.92 Å². The number of halogens is 2. The molecule has 0 aromatic heterocycles. The van der Waals surface area contributed by atoms with Crippen molar-refractivity contribution in [2.45, 2.75) is 39.7 Å². The van der Waals surface area contributed by atoms with Gasteiger partial charge in [0.05, 0.1) is 0 Å². The number of likely N-dealkylation sites (N-methyl/N-ethyl adjacent to an activating group) is 1. The first-order valence-corrected chi connectivity index (χ1v) is 9.49. The Morgan fingerprint density at radius 1 is 1.12 bits per heavy atom. The Bertz CT molecular complexity index is 489. The van der Waals surface area contributed by atoms with Crippen LogP contribution in [0.1, 0.15) is 45.2 Å². The molecule has 1 amide bonds. The molecule has 6 heteroatoms. The number of hydrogen-bond acceptors (Lipinski definition) is 3. The second-order valence-corrected chi connectivity index (χ2v) is 6.61. The lowest BCUT2D eigenvalue weighted by Gasteiger charge is -2.37. The lowest BCUT2D eigenvalue weighted by atomic mass is 9.95. The van der Waals surface area contributed by atoms with Crippen molar-refractivity contribution in [3.63, 3.8) is 0 Å². The van der Waals surface area contributed by atoms with E-state index in [4.69, 9.17) is 0 Å².